The van der Waals surface area contributed by atoms with Crippen LogP contribution in [0.1, 0.15) is 16.8 Å². The first-order chi connectivity index (χ1) is 13.2. The van der Waals surface area contributed by atoms with Gasteiger partial charge in [-0.3, -0.25) is 4.98 Å². The second-order valence-corrected chi connectivity index (χ2v) is 7.27. The van der Waals surface area contributed by atoms with Crippen LogP contribution in [0, 0.1) is 6.92 Å². The van der Waals surface area contributed by atoms with Crippen molar-refractivity contribution >= 4 is 0 Å². The average molecular weight is 349 g/mol. The molecule has 0 bridgehead atoms. The molecule has 0 amide bonds. The van der Waals surface area contributed by atoms with Gasteiger partial charge in [-0.25, -0.2) is 4.57 Å². The van der Waals surface area contributed by atoms with Gasteiger partial charge < -0.3 is 0 Å². The largest absolute Gasteiger partial charge is 0.260 e. The lowest BCUT2D eigenvalue weighted by atomic mass is 9.95. The summed E-state index contributed by atoms with van der Waals surface area (Å²) in [6, 6.07) is 24.1. The fourth-order valence-electron chi connectivity index (χ4n) is 4.05. The van der Waals surface area contributed by atoms with Gasteiger partial charge in [0.05, 0.1) is 5.69 Å². The Bertz CT molecular complexity index is 1170. The van der Waals surface area contributed by atoms with E-state index < -0.39 is 0 Å². The molecule has 0 radical (unpaired) electrons. The Labute approximate surface area is 159 Å². The maximum Gasteiger partial charge on any atom is 0.212 e. The van der Waals surface area contributed by atoms with Gasteiger partial charge in [0.1, 0.15) is 7.05 Å². The predicted octanol–water partition coefficient (Wildman–Crippen LogP) is 5.12. The molecule has 2 heteroatoms. The van der Waals surface area contributed by atoms with Gasteiger partial charge >= 0.3 is 0 Å². The Morgan fingerprint density at radius 2 is 1.63 bits per heavy atom. The minimum absolute atomic E-state index is 0.935. The Hall–Kier alpha value is -3.26. The highest BCUT2D eigenvalue weighted by molar-refractivity contribution is 5.81. The number of rotatable bonds is 2. The van der Waals surface area contributed by atoms with Gasteiger partial charge in [0.2, 0.25) is 5.69 Å². The SMILES string of the molecule is Cc1ccc(-c2ccc3c(c2)-c2cccnc2C3)cc1-c1cccc[n+]1C. The van der Waals surface area contributed by atoms with Crippen molar-refractivity contribution in [2.24, 2.45) is 7.05 Å². The molecule has 2 aromatic carbocycles. The van der Waals surface area contributed by atoms with Gasteiger partial charge in [-0.1, -0.05) is 30.3 Å². The van der Waals surface area contributed by atoms with E-state index in [2.05, 4.69) is 90.4 Å². The first-order valence-corrected chi connectivity index (χ1v) is 9.34. The minimum Gasteiger partial charge on any atom is -0.260 e. The summed E-state index contributed by atoms with van der Waals surface area (Å²) < 4.78 is 2.18. The topological polar surface area (TPSA) is 16.8 Å². The van der Waals surface area contributed by atoms with Crippen molar-refractivity contribution in [3.8, 4) is 33.5 Å². The monoisotopic (exact) mass is 349 g/mol. The second-order valence-electron chi connectivity index (χ2n) is 7.27. The Balaban J connectivity index is 1.63. The number of hydrogen-bond donors (Lipinski definition) is 0. The Kier molecular flexibility index (Phi) is 3.64. The third-order valence-corrected chi connectivity index (χ3v) is 5.55. The zero-order chi connectivity index (χ0) is 18.4. The first-order valence-electron chi connectivity index (χ1n) is 9.34. The van der Waals surface area contributed by atoms with Crippen LogP contribution >= 0.6 is 0 Å². The van der Waals surface area contributed by atoms with Gasteiger partial charge in [0.25, 0.3) is 0 Å². The summed E-state index contributed by atoms with van der Waals surface area (Å²) in [5, 5.41) is 0. The Morgan fingerprint density at radius 1 is 0.815 bits per heavy atom. The van der Waals surface area contributed by atoms with E-state index in [4.69, 9.17) is 0 Å². The summed E-state index contributed by atoms with van der Waals surface area (Å²) in [6.45, 7) is 2.18. The third-order valence-electron chi connectivity index (χ3n) is 5.55. The molecule has 0 unspecified atom stereocenters. The molecule has 27 heavy (non-hydrogen) atoms. The highest BCUT2D eigenvalue weighted by Gasteiger charge is 2.20. The van der Waals surface area contributed by atoms with E-state index in [-0.39, 0.29) is 0 Å². The number of fused-ring (bicyclic) bond motifs is 3. The van der Waals surface area contributed by atoms with Crippen LogP contribution in [0.3, 0.4) is 0 Å². The van der Waals surface area contributed by atoms with E-state index in [0.717, 1.165) is 6.42 Å². The van der Waals surface area contributed by atoms with Crippen LogP contribution in [-0.2, 0) is 13.5 Å². The van der Waals surface area contributed by atoms with Gasteiger partial charge in [0.15, 0.2) is 6.20 Å². The van der Waals surface area contributed by atoms with E-state index in [1.54, 1.807) is 0 Å². The molecule has 2 heterocycles. The number of nitrogens with zero attached hydrogens (tertiary/aromatic N) is 2. The number of benzene rings is 2. The number of aryl methyl sites for hydroxylation is 2. The smallest absolute Gasteiger partial charge is 0.212 e. The second kappa shape index (κ2) is 6.17. The normalized spacial score (nSPS) is 11.9. The quantitative estimate of drug-likeness (QED) is 0.404. The molecule has 0 saturated carbocycles. The third kappa shape index (κ3) is 2.65. The first kappa shape index (κ1) is 16.0. The fourth-order valence-corrected chi connectivity index (χ4v) is 4.05. The zero-order valence-electron chi connectivity index (χ0n) is 15.6. The van der Waals surface area contributed by atoms with Gasteiger partial charge in [-0.2, -0.15) is 0 Å². The van der Waals surface area contributed by atoms with Crippen molar-refractivity contribution in [3.05, 3.63) is 95.9 Å². The highest BCUT2D eigenvalue weighted by atomic mass is 14.9. The number of aromatic nitrogens is 2. The highest BCUT2D eigenvalue weighted by Crippen LogP contribution is 2.38. The number of hydrogen-bond acceptors (Lipinski definition) is 1. The standard InChI is InChI=1S/C25H21N2/c1-17-8-9-18(14-22(17)25-7-3-4-13-27(25)2)19-10-11-20-16-24-21(23(20)15-19)6-5-12-26-24/h3-15H,16H2,1-2H3/q+1. The van der Waals surface area contributed by atoms with E-state index in [1.807, 2.05) is 12.3 Å². The minimum atomic E-state index is 0.935. The molecular weight excluding hydrogens is 328 g/mol. The van der Waals surface area contributed by atoms with Crippen molar-refractivity contribution in [1.82, 2.24) is 4.98 Å². The van der Waals surface area contributed by atoms with E-state index in [0.29, 0.717) is 0 Å². The van der Waals surface area contributed by atoms with Crippen molar-refractivity contribution in [2.45, 2.75) is 13.3 Å². The summed E-state index contributed by atoms with van der Waals surface area (Å²) in [4.78, 5) is 4.55. The molecular formula is C25H21N2+. The van der Waals surface area contributed by atoms with Crippen LogP contribution < -0.4 is 4.57 Å². The molecule has 130 valence electrons. The van der Waals surface area contributed by atoms with E-state index in [1.165, 1.54) is 50.3 Å². The summed E-state index contributed by atoms with van der Waals surface area (Å²) in [7, 11) is 2.10. The molecule has 0 saturated heterocycles. The molecule has 0 aliphatic heterocycles. The lowest BCUT2D eigenvalue weighted by Gasteiger charge is -2.10. The summed E-state index contributed by atoms with van der Waals surface area (Å²) in [5.74, 6) is 0. The maximum atomic E-state index is 4.55. The molecule has 0 fully saturated rings. The van der Waals surface area contributed by atoms with Crippen LogP contribution in [-0.4, -0.2) is 4.98 Å². The van der Waals surface area contributed by atoms with Crippen molar-refractivity contribution in [3.63, 3.8) is 0 Å². The van der Waals surface area contributed by atoms with Gasteiger partial charge in [0, 0.05) is 35.9 Å². The van der Waals surface area contributed by atoms with Crippen LogP contribution in [0.15, 0.2) is 79.1 Å². The average Bonchev–Trinajstić information content (AvgIpc) is 3.07. The molecule has 2 aromatic heterocycles. The van der Waals surface area contributed by atoms with Gasteiger partial charge in [-0.05, 0) is 59.0 Å². The molecule has 0 spiro atoms. The predicted molar refractivity (Wildman–Crippen MR) is 109 cm³/mol. The molecule has 1 aliphatic carbocycles. The maximum absolute atomic E-state index is 4.55. The summed E-state index contributed by atoms with van der Waals surface area (Å²) >= 11 is 0. The van der Waals surface area contributed by atoms with Crippen LogP contribution in [0.25, 0.3) is 33.5 Å². The van der Waals surface area contributed by atoms with Crippen molar-refractivity contribution in [2.75, 3.05) is 0 Å². The molecule has 1 aliphatic rings. The molecule has 2 nitrogen and oxygen atoms in total. The summed E-state index contributed by atoms with van der Waals surface area (Å²) in [6.07, 6.45) is 4.92. The fraction of sp³-hybridized carbons (Fsp3) is 0.120. The Morgan fingerprint density at radius 3 is 2.48 bits per heavy atom. The lowest BCUT2D eigenvalue weighted by molar-refractivity contribution is -0.660. The van der Waals surface area contributed by atoms with Crippen LogP contribution in [0.5, 0.6) is 0 Å². The molecule has 5 rings (SSSR count). The lowest BCUT2D eigenvalue weighted by Crippen LogP contribution is -2.30. The molecule has 4 aromatic rings. The molecule has 0 atom stereocenters. The zero-order valence-corrected chi connectivity index (χ0v) is 15.6. The molecule has 0 N–H and O–H groups in total. The van der Waals surface area contributed by atoms with Gasteiger partial charge in [-0.15, -0.1) is 0 Å². The van der Waals surface area contributed by atoms with Crippen molar-refractivity contribution < 1.29 is 4.57 Å². The van der Waals surface area contributed by atoms with Crippen LogP contribution in [0.2, 0.25) is 0 Å². The van der Waals surface area contributed by atoms with Crippen molar-refractivity contribution in [1.29, 1.82) is 0 Å². The van der Waals surface area contributed by atoms with E-state index >= 15 is 0 Å². The summed E-state index contributed by atoms with van der Waals surface area (Å²) in [5.41, 5.74) is 11.4. The number of pyridine rings is 2. The van der Waals surface area contributed by atoms with Crippen LogP contribution in [0.4, 0.5) is 0 Å². The van der Waals surface area contributed by atoms with E-state index in [9.17, 15) is 0 Å².